The average molecular weight is 369 g/mol. The number of benzene rings is 1. The number of carbonyl (C=O) groups excluding carboxylic acids is 1. The maximum Gasteiger partial charge on any atom is 0.255 e. The lowest BCUT2D eigenvalue weighted by Crippen LogP contribution is -2.45. The highest BCUT2D eigenvalue weighted by Gasteiger charge is 2.41. The Bertz CT molecular complexity index is 820. The lowest BCUT2D eigenvalue weighted by molar-refractivity contribution is 0.0690. The molecule has 136 valence electrons. The van der Waals surface area contributed by atoms with Gasteiger partial charge in [0.25, 0.3) is 5.91 Å². The van der Waals surface area contributed by atoms with E-state index in [0.29, 0.717) is 12.0 Å². The van der Waals surface area contributed by atoms with E-state index < -0.39 is 0 Å². The quantitative estimate of drug-likeness (QED) is 0.779. The Morgan fingerprint density at radius 1 is 1.12 bits per heavy atom. The highest BCUT2D eigenvalue weighted by Crippen LogP contribution is 2.33. The third kappa shape index (κ3) is 3.18. The summed E-state index contributed by atoms with van der Waals surface area (Å²) < 4.78 is 0. The van der Waals surface area contributed by atoms with Crippen molar-refractivity contribution < 1.29 is 4.79 Å². The van der Waals surface area contributed by atoms with Crippen molar-refractivity contribution in [3.05, 3.63) is 47.3 Å². The molecule has 0 aliphatic carbocycles. The molecule has 0 saturated carbocycles. The molecule has 2 unspecified atom stereocenters. The molecule has 4 rings (SSSR count). The summed E-state index contributed by atoms with van der Waals surface area (Å²) in [5, 5.41) is 0. The summed E-state index contributed by atoms with van der Waals surface area (Å²) in [6.07, 6.45) is 3.13. The Morgan fingerprint density at radius 3 is 2.58 bits per heavy atom. The summed E-state index contributed by atoms with van der Waals surface area (Å²) in [6, 6.07) is 10.2. The summed E-state index contributed by atoms with van der Waals surface area (Å²) in [7, 11) is 0. The van der Waals surface area contributed by atoms with Crippen molar-refractivity contribution in [1.82, 2.24) is 14.9 Å². The molecule has 1 aromatic carbocycles. The van der Waals surface area contributed by atoms with E-state index in [-0.39, 0.29) is 5.91 Å². The number of fused-ring (bicyclic) bond motifs is 2. The van der Waals surface area contributed by atoms with Crippen LogP contribution in [-0.2, 0) is 0 Å². The normalized spacial score (nSPS) is 22.0. The molecule has 5 nitrogen and oxygen atoms in total. The Kier molecular flexibility index (Phi) is 4.61. The fourth-order valence-corrected chi connectivity index (χ4v) is 4.79. The first kappa shape index (κ1) is 17.3. The Labute approximate surface area is 158 Å². The van der Waals surface area contributed by atoms with Gasteiger partial charge < -0.3 is 9.80 Å². The van der Waals surface area contributed by atoms with Gasteiger partial charge >= 0.3 is 0 Å². The van der Waals surface area contributed by atoms with Gasteiger partial charge in [0.2, 0.25) is 5.95 Å². The van der Waals surface area contributed by atoms with E-state index in [1.165, 1.54) is 0 Å². The molecule has 0 radical (unpaired) electrons. The van der Waals surface area contributed by atoms with E-state index in [1.807, 2.05) is 55.3 Å². The highest BCUT2D eigenvalue weighted by molar-refractivity contribution is 7.98. The second kappa shape index (κ2) is 6.91. The van der Waals surface area contributed by atoms with Gasteiger partial charge in [-0.25, -0.2) is 9.97 Å². The lowest BCUT2D eigenvalue weighted by Gasteiger charge is -2.33. The van der Waals surface area contributed by atoms with Gasteiger partial charge in [0.05, 0.1) is 5.56 Å². The lowest BCUT2D eigenvalue weighted by atomic mass is 9.99. The van der Waals surface area contributed by atoms with Crippen LogP contribution in [0.25, 0.3) is 0 Å². The number of likely N-dealkylation sites (tertiary alicyclic amines) is 1. The smallest absolute Gasteiger partial charge is 0.255 e. The molecule has 2 bridgehead atoms. The van der Waals surface area contributed by atoms with Crippen molar-refractivity contribution in [3.8, 4) is 0 Å². The number of anilines is 1. The summed E-state index contributed by atoms with van der Waals surface area (Å²) in [6.45, 7) is 6.51. The highest BCUT2D eigenvalue weighted by atomic mass is 32.2. The molecule has 1 amide bonds. The van der Waals surface area contributed by atoms with Crippen LogP contribution in [0, 0.1) is 19.8 Å². The number of hydrogen-bond donors (Lipinski definition) is 0. The zero-order valence-corrected chi connectivity index (χ0v) is 16.3. The van der Waals surface area contributed by atoms with E-state index in [2.05, 4.69) is 14.9 Å². The minimum absolute atomic E-state index is 0.146. The second-order valence-corrected chi connectivity index (χ2v) is 8.12. The molecular formula is C20H24N4OS. The number of carbonyl (C=O) groups is 1. The van der Waals surface area contributed by atoms with Crippen molar-refractivity contribution in [3.63, 3.8) is 0 Å². The molecule has 6 heteroatoms. The van der Waals surface area contributed by atoms with Crippen molar-refractivity contribution in [2.75, 3.05) is 30.8 Å². The first-order valence-electron chi connectivity index (χ1n) is 9.06. The third-order valence-electron chi connectivity index (χ3n) is 5.26. The SMILES string of the molecule is CSc1ccccc1C(=O)N1CC2CC(C1)N(c1nc(C)cc(C)n1)C2. The van der Waals surface area contributed by atoms with E-state index in [9.17, 15) is 4.79 Å². The molecule has 26 heavy (non-hydrogen) atoms. The second-order valence-electron chi connectivity index (χ2n) is 7.27. The Morgan fingerprint density at radius 2 is 1.85 bits per heavy atom. The van der Waals surface area contributed by atoms with Gasteiger partial charge in [0.15, 0.2) is 0 Å². The minimum Gasteiger partial charge on any atom is -0.336 e. The molecule has 2 aliphatic rings. The van der Waals surface area contributed by atoms with Gasteiger partial charge in [-0.05, 0) is 50.6 Å². The third-order valence-corrected chi connectivity index (χ3v) is 6.06. The van der Waals surface area contributed by atoms with Crippen molar-refractivity contribution in [2.24, 2.45) is 5.92 Å². The van der Waals surface area contributed by atoms with Gasteiger partial charge in [0.1, 0.15) is 0 Å². The van der Waals surface area contributed by atoms with Gasteiger partial charge in [-0.1, -0.05) is 12.1 Å². The van der Waals surface area contributed by atoms with Gasteiger partial charge in [-0.3, -0.25) is 4.79 Å². The molecular weight excluding hydrogens is 344 g/mol. The van der Waals surface area contributed by atoms with Crippen LogP contribution >= 0.6 is 11.8 Å². The Balaban J connectivity index is 1.56. The topological polar surface area (TPSA) is 49.3 Å². The summed E-state index contributed by atoms with van der Waals surface area (Å²) in [5.41, 5.74) is 2.81. The predicted octanol–water partition coefficient (Wildman–Crippen LogP) is 3.17. The fourth-order valence-electron chi connectivity index (χ4n) is 4.20. The van der Waals surface area contributed by atoms with E-state index in [1.54, 1.807) is 11.8 Å². The molecule has 0 N–H and O–H groups in total. The van der Waals surface area contributed by atoms with Gasteiger partial charge in [0, 0.05) is 42.0 Å². The molecule has 2 aliphatic heterocycles. The number of hydrogen-bond acceptors (Lipinski definition) is 5. The average Bonchev–Trinajstić information content (AvgIpc) is 2.94. The number of nitrogens with zero attached hydrogens (tertiary/aromatic N) is 4. The van der Waals surface area contributed by atoms with Gasteiger partial charge in [-0.15, -0.1) is 11.8 Å². The van der Waals surface area contributed by atoms with Gasteiger partial charge in [-0.2, -0.15) is 0 Å². The molecule has 2 atom stereocenters. The molecule has 1 aromatic heterocycles. The molecule has 2 aromatic rings. The van der Waals surface area contributed by atoms with Crippen LogP contribution in [0.3, 0.4) is 0 Å². The standard InChI is InChI=1S/C20H24N4OS/c1-13-8-14(2)22-20(21-13)24-11-15-9-16(24)12-23(10-15)19(25)17-6-4-5-7-18(17)26-3/h4-8,15-16H,9-12H2,1-3H3. The summed E-state index contributed by atoms with van der Waals surface area (Å²) in [4.78, 5) is 27.8. The fraction of sp³-hybridized carbons (Fsp3) is 0.450. The number of aromatic nitrogens is 2. The van der Waals surface area contributed by atoms with Crippen LogP contribution < -0.4 is 4.90 Å². The van der Waals surface area contributed by atoms with Crippen molar-refractivity contribution >= 4 is 23.6 Å². The van der Waals surface area contributed by atoms with E-state index in [4.69, 9.17) is 0 Å². The number of rotatable bonds is 3. The largest absolute Gasteiger partial charge is 0.336 e. The van der Waals surface area contributed by atoms with Crippen molar-refractivity contribution in [2.45, 2.75) is 31.2 Å². The van der Waals surface area contributed by atoms with Crippen LogP contribution in [0.4, 0.5) is 5.95 Å². The predicted molar refractivity (Wildman–Crippen MR) is 105 cm³/mol. The zero-order valence-electron chi connectivity index (χ0n) is 15.5. The number of aryl methyl sites for hydroxylation is 2. The maximum atomic E-state index is 13.1. The maximum absolute atomic E-state index is 13.1. The number of amides is 1. The first-order chi connectivity index (χ1) is 12.5. The van der Waals surface area contributed by atoms with E-state index >= 15 is 0 Å². The molecule has 2 fully saturated rings. The van der Waals surface area contributed by atoms with E-state index in [0.717, 1.165) is 53.9 Å². The number of thioether (sulfide) groups is 1. The Hall–Kier alpha value is -2.08. The van der Waals surface area contributed by atoms with Crippen LogP contribution in [-0.4, -0.2) is 52.7 Å². The van der Waals surface area contributed by atoms with Crippen LogP contribution in [0.1, 0.15) is 28.2 Å². The van der Waals surface area contributed by atoms with Crippen LogP contribution in [0.5, 0.6) is 0 Å². The monoisotopic (exact) mass is 368 g/mol. The minimum atomic E-state index is 0.146. The summed E-state index contributed by atoms with van der Waals surface area (Å²) in [5.74, 6) is 1.45. The molecule has 0 spiro atoms. The molecule has 3 heterocycles. The first-order valence-corrected chi connectivity index (χ1v) is 10.3. The number of piperidine rings is 1. The molecule has 2 saturated heterocycles. The summed E-state index contributed by atoms with van der Waals surface area (Å²) >= 11 is 1.63. The zero-order chi connectivity index (χ0) is 18.3. The van der Waals surface area contributed by atoms with Crippen LogP contribution in [0.15, 0.2) is 35.2 Å². The van der Waals surface area contributed by atoms with Crippen molar-refractivity contribution in [1.29, 1.82) is 0 Å². The van der Waals surface area contributed by atoms with Crippen LogP contribution in [0.2, 0.25) is 0 Å².